The van der Waals surface area contributed by atoms with Crippen LogP contribution in [0.1, 0.15) is 13.8 Å². The molecule has 1 aromatic heterocycles. The lowest BCUT2D eigenvalue weighted by atomic mass is 10.1. The average Bonchev–Trinajstić information content (AvgIpc) is 2.17. The van der Waals surface area contributed by atoms with Crippen molar-refractivity contribution in [2.75, 3.05) is 19.0 Å². The smallest absolute Gasteiger partial charge is 0.149 e. The molecule has 0 aliphatic carbocycles. The molecule has 0 aromatic carbocycles. The molecule has 5 heteroatoms. The number of methoxy groups -OCH3 is 1. The van der Waals surface area contributed by atoms with Crippen molar-refractivity contribution in [3.63, 3.8) is 0 Å². The molecule has 0 fully saturated rings. The van der Waals surface area contributed by atoms with Crippen LogP contribution in [0.25, 0.3) is 0 Å². The molecular formula is C10H16ClN3O. The summed E-state index contributed by atoms with van der Waals surface area (Å²) >= 11 is 5.74. The second-order valence-corrected chi connectivity index (χ2v) is 4.06. The summed E-state index contributed by atoms with van der Waals surface area (Å²) in [6, 6.07) is 0.211. The van der Waals surface area contributed by atoms with Crippen LogP contribution in [0.3, 0.4) is 0 Å². The highest BCUT2D eigenvalue weighted by Gasteiger charge is 2.13. The van der Waals surface area contributed by atoms with Crippen molar-refractivity contribution >= 4 is 17.4 Å². The fourth-order valence-electron chi connectivity index (χ4n) is 1.18. The molecule has 1 heterocycles. The lowest BCUT2D eigenvalue weighted by Gasteiger charge is -2.21. The van der Waals surface area contributed by atoms with Crippen molar-refractivity contribution in [1.29, 1.82) is 0 Å². The number of hydrogen-bond acceptors (Lipinski definition) is 4. The van der Waals surface area contributed by atoms with Crippen LogP contribution in [0.15, 0.2) is 12.4 Å². The first-order chi connectivity index (χ1) is 7.13. The third-order valence-corrected chi connectivity index (χ3v) is 2.27. The van der Waals surface area contributed by atoms with Crippen LogP contribution in [0, 0.1) is 5.92 Å². The average molecular weight is 230 g/mol. The first kappa shape index (κ1) is 12.2. The summed E-state index contributed by atoms with van der Waals surface area (Å²) in [4.78, 5) is 8.07. The highest BCUT2D eigenvalue weighted by Crippen LogP contribution is 2.12. The highest BCUT2D eigenvalue weighted by molar-refractivity contribution is 6.29. The van der Waals surface area contributed by atoms with E-state index in [9.17, 15) is 0 Å². The van der Waals surface area contributed by atoms with Crippen LogP contribution in [0.2, 0.25) is 5.15 Å². The lowest BCUT2D eigenvalue weighted by Crippen LogP contribution is -2.30. The minimum atomic E-state index is 0.211. The molecule has 0 spiro atoms. The molecule has 1 unspecified atom stereocenters. The standard InChI is InChI=1S/C10H16ClN3O/c1-7(2)8(6-15-3)13-10-5-12-4-9(11)14-10/h4-5,7-8H,6H2,1-3H3,(H,13,14). The summed E-state index contributed by atoms with van der Waals surface area (Å²) in [5.41, 5.74) is 0. The maximum absolute atomic E-state index is 5.74. The fourth-order valence-corrected chi connectivity index (χ4v) is 1.33. The third-order valence-electron chi connectivity index (χ3n) is 2.09. The molecule has 0 aliphatic rings. The predicted octanol–water partition coefficient (Wildman–Crippen LogP) is 2.21. The number of nitrogens with one attached hydrogen (secondary N) is 1. The van der Waals surface area contributed by atoms with E-state index in [1.807, 2.05) is 0 Å². The summed E-state index contributed by atoms with van der Waals surface area (Å²) in [5, 5.41) is 3.63. The molecule has 1 rings (SSSR count). The third kappa shape index (κ3) is 4.01. The maximum atomic E-state index is 5.74. The number of halogens is 1. The number of ether oxygens (including phenoxy) is 1. The van der Waals surface area contributed by atoms with E-state index in [0.717, 1.165) is 0 Å². The van der Waals surface area contributed by atoms with Crippen molar-refractivity contribution in [1.82, 2.24) is 9.97 Å². The Kier molecular flexibility index (Phi) is 4.78. The van der Waals surface area contributed by atoms with Gasteiger partial charge < -0.3 is 10.1 Å². The normalized spacial score (nSPS) is 12.9. The Morgan fingerprint density at radius 3 is 2.73 bits per heavy atom. The van der Waals surface area contributed by atoms with Gasteiger partial charge in [0.05, 0.1) is 25.0 Å². The molecule has 0 amide bonds. The first-order valence-electron chi connectivity index (χ1n) is 4.86. The van der Waals surface area contributed by atoms with Crippen molar-refractivity contribution in [2.45, 2.75) is 19.9 Å². The van der Waals surface area contributed by atoms with Gasteiger partial charge in [-0.2, -0.15) is 0 Å². The predicted molar refractivity (Wildman–Crippen MR) is 61.2 cm³/mol. The van der Waals surface area contributed by atoms with Gasteiger partial charge in [0.2, 0.25) is 0 Å². The Morgan fingerprint density at radius 2 is 2.20 bits per heavy atom. The summed E-state index contributed by atoms with van der Waals surface area (Å²) in [5.74, 6) is 1.13. The van der Waals surface area contributed by atoms with Crippen LogP contribution >= 0.6 is 11.6 Å². The minimum Gasteiger partial charge on any atom is -0.383 e. The van der Waals surface area contributed by atoms with Gasteiger partial charge >= 0.3 is 0 Å². The van der Waals surface area contributed by atoms with E-state index in [0.29, 0.717) is 23.5 Å². The van der Waals surface area contributed by atoms with E-state index in [1.165, 1.54) is 6.20 Å². The molecule has 0 bridgehead atoms. The van der Waals surface area contributed by atoms with E-state index < -0.39 is 0 Å². The molecule has 15 heavy (non-hydrogen) atoms. The number of aromatic nitrogens is 2. The molecule has 1 atom stereocenters. The van der Waals surface area contributed by atoms with Crippen LogP contribution in [-0.4, -0.2) is 29.7 Å². The van der Waals surface area contributed by atoms with Crippen molar-refractivity contribution < 1.29 is 4.74 Å². The molecular weight excluding hydrogens is 214 g/mol. The molecule has 0 saturated heterocycles. The summed E-state index contributed by atoms with van der Waals surface area (Å²) in [6.45, 7) is 4.87. The zero-order valence-corrected chi connectivity index (χ0v) is 9.95. The van der Waals surface area contributed by atoms with E-state index in [-0.39, 0.29) is 6.04 Å². The van der Waals surface area contributed by atoms with E-state index in [1.54, 1.807) is 13.3 Å². The molecule has 0 radical (unpaired) electrons. The van der Waals surface area contributed by atoms with Crippen molar-refractivity contribution in [2.24, 2.45) is 5.92 Å². The number of nitrogens with zero attached hydrogens (tertiary/aromatic N) is 2. The number of rotatable bonds is 5. The Hall–Kier alpha value is -0.870. The molecule has 0 aliphatic heterocycles. The Labute approximate surface area is 95.0 Å². The van der Waals surface area contributed by atoms with Crippen LogP contribution in [0.5, 0.6) is 0 Å². The van der Waals surface area contributed by atoms with Crippen molar-refractivity contribution in [3.05, 3.63) is 17.5 Å². The zero-order chi connectivity index (χ0) is 11.3. The van der Waals surface area contributed by atoms with Gasteiger partial charge in [-0.05, 0) is 5.92 Å². The summed E-state index contributed by atoms with van der Waals surface area (Å²) in [7, 11) is 1.68. The molecule has 4 nitrogen and oxygen atoms in total. The summed E-state index contributed by atoms with van der Waals surface area (Å²) < 4.78 is 5.12. The van der Waals surface area contributed by atoms with Gasteiger partial charge in [0.1, 0.15) is 11.0 Å². The summed E-state index contributed by atoms with van der Waals surface area (Å²) in [6.07, 6.45) is 3.16. The highest BCUT2D eigenvalue weighted by atomic mass is 35.5. The Balaban J connectivity index is 2.65. The van der Waals surface area contributed by atoms with Gasteiger partial charge in [0, 0.05) is 7.11 Å². The van der Waals surface area contributed by atoms with Gasteiger partial charge in [-0.1, -0.05) is 25.4 Å². The zero-order valence-electron chi connectivity index (χ0n) is 9.20. The van der Waals surface area contributed by atoms with Gasteiger partial charge in [-0.3, -0.25) is 4.98 Å². The van der Waals surface area contributed by atoms with E-state index in [2.05, 4.69) is 29.1 Å². The molecule has 1 aromatic rings. The van der Waals surface area contributed by atoms with Crippen LogP contribution in [-0.2, 0) is 4.74 Å². The molecule has 84 valence electrons. The van der Waals surface area contributed by atoms with Gasteiger partial charge in [0.25, 0.3) is 0 Å². The SMILES string of the molecule is COCC(Nc1cncc(Cl)n1)C(C)C. The van der Waals surface area contributed by atoms with Crippen LogP contribution < -0.4 is 5.32 Å². The Morgan fingerprint density at radius 1 is 1.47 bits per heavy atom. The van der Waals surface area contributed by atoms with Gasteiger partial charge in [-0.15, -0.1) is 0 Å². The van der Waals surface area contributed by atoms with Gasteiger partial charge in [-0.25, -0.2) is 4.98 Å². The molecule has 0 saturated carbocycles. The second-order valence-electron chi connectivity index (χ2n) is 3.68. The molecule has 1 N–H and O–H groups in total. The Bertz CT molecular complexity index is 306. The monoisotopic (exact) mass is 229 g/mol. The van der Waals surface area contributed by atoms with Gasteiger partial charge in [0.15, 0.2) is 0 Å². The van der Waals surface area contributed by atoms with Crippen molar-refractivity contribution in [3.8, 4) is 0 Å². The lowest BCUT2D eigenvalue weighted by molar-refractivity contribution is 0.171. The fraction of sp³-hybridized carbons (Fsp3) is 0.600. The maximum Gasteiger partial charge on any atom is 0.149 e. The van der Waals surface area contributed by atoms with E-state index >= 15 is 0 Å². The number of hydrogen-bond donors (Lipinski definition) is 1. The first-order valence-corrected chi connectivity index (χ1v) is 5.24. The topological polar surface area (TPSA) is 47.0 Å². The van der Waals surface area contributed by atoms with E-state index in [4.69, 9.17) is 16.3 Å². The minimum absolute atomic E-state index is 0.211. The van der Waals surface area contributed by atoms with Crippen LogP contribution in [0.4, 0.5) is 5.82 Å². The number of anilines is 1. The largest absolute Gasteiger partial charge is 0.383 e. The quantitative estimate of drug-likeness (QED) is 0.841. The second kappa shape index (κ2) is 5.88.